The van der Waals surface area contributed by atoms with Crippen LogP contribution in [0.3, 0.4) is 0 Å². The average Bonchev–Trinajstić information content (AvgIpc) is 1.85. The Morgan fingerprint density at radius 1 is 1.27 bits per heavy atom. The van der Waals surface area contributed by atoms with E-state index in [1.165, 1.54) is 6.08 Å². The molecule has 5 heteroatoms. The minimum atomic E-state index is -3.86. The lowest BCUT2D eigenvalue weighted by Crippen LogP contribution is -2.00. The third kappa shape index (κ3) is 9.61. The van der Waals surface area contributed by atoms with Gasteiger partial charge in [-0.15, -0.1) is 0 Å². The van der Waals surface area contributed by atoms with Gasteiger partial charge in [-0.3, -0.25) is 4.55 Å². The van der Waals surface area contributed by atoms with Crippen molar-refractivity contribution >= 4 is 10.1 Å². The maximum Gasteiger partial charge on any atom is 0.268 e. The Balaban J connectivity index is 3.46. The Labute approximate surface area is 66.3 Å². The molecule has 66 valence electrons. The van der Waals surface area contributed by atoms with Crippen LogP contribution in [0.5, 0.6) is 0 Å². The molecule has 0 radical (unpaired) electrons. The second-order valence-corrected chi connectivity index (χ2v) is 3.58. The fraction of sp³-hybridized carbons (Fsp3) is 0.667. The summed E-state index contributed by atoms with van der Waals surface area (Å²) in [7, 11) is -3.86. The predicted molar refractivity (Wildman–Crippen MR) is 41.9 cm³/mol. The molecule has 0 aromatic carbocycles. The monoisotopic (exact) mass is 180 g/mol. The Morgan fingerprint density at radius 2 is 1.91 bits per heavy atom. The van der Waals surface area contributed by atoms with Crippen molar-refractivity contribution in [3.63, 3.8) is 0 Å². The molecule has 0 aliphatic heterocycles. The number of hydrogen-bond donors (Lipinski definition) is 2. The van der Waals surface area contributed by atoms with Crippen molar-refractivity contribution in [1.29, 1.82) is 0 Å². The minimum Gasteiger partial charge on any atom is -0.396 e. The maximum absolute atomic E-state index is 10.1. The molecule has 0 heterocycles. The van der Waals surface area contributed by atoms with E-state index in [9.17, 15) is 8.42 Å². The highest BCUT2D eigenvalue weighted by Crippen LogP contribution is 1.90. The van der Waals surface area contributed by atoms with Gasteiger partial charge in [0, 0.05) is 6.61 Å². The third-order valence-electron chi connectivity index (χ3n) is 1.00. The fourth-order valence-electron chi connectivity index (χ4n) is 0.517. The van der Waals surface area contributed by atoms with Gasteiger partial charge in [0.15, 0.2) is 0 Å². The van der Waals surface area contributed by atoms with E-state index in [4.69, 9.17) is 9.66 Å². The van der Waals surface area contributed by atoms with Crippen LogP contribution in [0.15, 0.2) is 12.2 Å². The van der Waals surface area contributed by atoms with Gasteiger partial charge in [-0.1, -0.05) is 12.2 Å². The number of aliphatic hydroxyl groups is 1. The Morgan fingerprint density at radius 3 is 2.36 bits per heavy atom. The highest BCUT2D eigenvalue weighted by atomic mass is 32.2. The van der Waals surface area contributed by atoms with Gasteiger partial charge >= 0.3 is 0 Å². The molecule has 0 rings (SSSR count). The van der Waals surface area contributed by atoms with Crippen LogP contribution in [-0.2, 0) is 10.1 Å². The molecule has 4 nitrogen and oxygen atoms in total. The summed E-state index contributed by atoms with van der Waals surface area (Å²) in [4.78, 5) is 0. The van der Waals surface area contributed by atoms with Crippen LogP contribution < -0.4 is 0 Å². The summed E-state index contributed by atoms with van der Waals surface area (Å²) in [5.74, 6) is -0.349. The van der Waals surface area contributed by atoms with Crippen LogP contribution in [0, 0.1) is 0 Å². The van der Waals surface area contributed by atoms with Crippen LogP contribution in [0.2, 0.25) is 0 Å². The zero-order valence-corrected chi connectivity index (χ0v) is 6.92. The molecule has 0 fully saturated rings. The first-order valence-corrected chi connectivity index (χ1v) is 4.88. The van der Waals surface area contributed by atoms with E-state index in [-0.39, 0.29) is 12.4 Å². The fourth-order valence-corrected chi connectivity index (χ4v) is 0.896. The lowest BCUT2D eigenvalue weighted by atomic mass is 10.3. The van der Waals surface area contributed by atoms with Gasteiger partial charge in [-0.25, -0.2) is 0 Å². The van der Waals surface area contributed by atoms with E-state index in [0.717, 1.165) is 0 Å². The van der Waals surface area contributed by atoms with Gasteiger partial charge in [0.2, 0.25) is 0 Å². The number of hydrogen-bond acceptors (Lipinski definition) is 3. The SMILES string of the molecule is O=S(=O)(O)C/C=C/CCCO. The predicted octanol–water partition coefficient (Wildman–Crippen LogP) is 0.203. The molecule has 0 aromatic rings. The molecule has 0 atom stereocenters. The summed E-state index contributed by atoms with van der Waals surface area (Å²) in [5, 5.41) is 8.32. The first kappa shape index (κ1) is 10.6. The van der Waals surface area contributed by atoms with Crippen LogP contribution in [0.25, 0.3) is 0 Å². The van der Waals surface area contributed by atoms with Crippen molar-refractivity contribution in [3.8, 4) is 0 Å². The highest BCUT2D eigenvalue weighted by Gasteiger charge is 1.97. The molecule has 0 unspecified atom stereocenters. The first-order valence-electron chi connectivity index (χ1n) is 3.27. The van der Waals surface area contributed by atoms with Crippen LogP contribution in [0.1, 0.15) is 12.8 Å². The number of aliphatic hydroxyl groups excluding tert-OH is 1. The second-order valence-electron chi connectivity index (χ2n) is 2.09. The van der Waals surface area contributed by atoms with Crippen molar-refractivity contribution in [3.05, 3.63) is 12.2 Å². The maximum atomic E-state index is 10.1. The largest absolute Gasteiger partial charge is 0.396 e. The molecule has 0 saturated heterocycles. The topological polar surface area (TPSA) is 74.6 Å². The third-order valence-corrected chi connectivity index (χ3v) is 1.62. The molecule has 2 N–H and O–H groups in total. The number of unbranched alkanes of at least 4 members (excludes halogenated alkanes) is 1. The van der Waals surface area contributed by atoms with Crippen LogP contribution in [-0.4, -0.2) is 30.4 Å². The van der Waals surface area contributed by atoms with Crippen molar-refractivity contribution < 1.29 is 18.1 Å². The summed E-state index contributed by atoms with van der Waals surface area (Å²) in [6, 6.07) is 0. The molecule has 0 amide bonds. The van der Waals surface area contributed by atoms with Gasteiger partial charge in [0.25, 0.3) is 10.1 Å². The van der Waals surface area contributed by atoms with Gasteiger partial charge in [-0.2, -0.15) is 8.42 Å². The molecule has 0 bridgehead atoms. The second kappa shape index (κ2) is 5.29. The van der Waals surface area contributed by atoms with E-state index < -0.39 is 10.1 Å². The molecule has 0 spiro atoms. The molecular weight excluding hydrogens is 168 g/mol. The van der Waals surface area contributed by atoms with Gasteiger partial charge in [0.1, 0.15) is 0 Å². The normalized spacial score (nSPS) is 12.5. The standard InChI is InChI=1S/C6H12O4S/c7-5-3-1-2-4-6-11(8,9)10/h2,4,7H,1,3,5-6H2,(H,8,9,10)/b4-2+. The van der Waals surface area contributed by atoms with Gasteiger partial charge < -0.3 is 5.11 Å². The van der Waals surface area contributed by atoms with E-state index in [1.54, 1.807) is 6.08 Å². The average molecular weight is 180 g/mol. The molecule has 0 saturated carbocycles. The summed E-state index contributed by atoms with van der Waals surface area (Å²) in [6.07, 6.45) is 4.23. The molecule has 11 heavy (non-hydrogen) atoms. The van der Waals surface area contributed by atoms with Gasteiger partial charge in [0.05, 0.1) is 5.75 Å². The lowest BCUT2D eigenvalue weighted by Gasteiger charge is -1.88. The lowest BCUT2D eigenvalue weighted by molar-refractivity contribution is 0.289. The van der Waals surface area contributed by atoms with E-state index in [0.29, 0.717) is 12.8 Å². The zero-order chi connectivity index (χ0) is 8.74. The molecule has 0 aliphatic rings. The summed E-state index contributed by atoms with van der Waals surface area (Å²) >= 11 is 0. The number of rotatable bonds is 5. The summed E-state index contributed by atoms with van der Waals surface area (Å²) < 4.78 is 28.5. The smallest absolute Gasteiger partial charge is 0.268 e. The van der Waals surface area contributed by atoms with Crippen molar-refractivity contribution in [1.82, 2.24) is 0 Å². The van der Waals surface area contributed by atoms with Crippen molar-refractivity contribution in [2.24, 2.45) is 0 Å². The molecule has 0 aromatic heterocycles. The van der Waals surface area contributed by atoms with Gasteiger partial charge in [-0.05, 0) is 12.8 Å². The van der Waals surface area contributed by atoms with E-state index in [2.05, 4.69) is 0 Å². The Hall–Kier alpha value is -0.390. The quantitative estimate of drug-likeness (QED) is 0.360. The van der Waals surface area contributed by atoms with Crippen molar-refractivity contribution in [2.45, 2.75) is 12.8 Å². The molecule has 0 aliphatic carbocycles. The van der Waals surface area contributed by atoms with Crippen molar-refractivity contribution in [2.75, 3.05) is 12.4 Å². The summed E-state index contributed by atoms with van der Waals surface area (Å²) in [5.41, 5.74) is 0. The van der Waals surface area contributed by atoms with E-state index >= 15 is 0 Å². The first-order chi connectivity index (χ1) is 5.06. The Bertz CT molecular complexity index is 205. The van der Waals surface area contributed by atoms with E-state index in [1.807, 2.05) is 0 Å². The minimum absolute atomic E-state index is 0.0935. The summed E-state index contributed by atoms with van der Waals surface area (Å²) in [6.45, 7) is 0.0935. The van der Waals surface area contributed by atoms with Crippen LogP contribution in [0.4, 0.5) is 0 Å². The highest BCUT2D eigenvalue weighted by molar-refractivity contribution is 7.85. The molecular formula is C6H12O4S. The Kier molecular flexibility index (Phi) is 5.10. The zero-order valence-electron chi connectivity index (χ0n) is 6.10. The van der Waals surface area contributed by atoms with Crippen LogP contribution >= 0.6 is 0 Å². The number of allylic oxidation sites excluding steroid dienone is 1.